The van der Waals surface area contributed by atoms with Crippen LogP contribution in [0.15, 0.2) is 29.3 Å². The highest BCUT2D eigenvalue weighted by Crippen LogP contribution is 2.24. The van der Waals surface area contributed by atoms with Crippen LogP contribution in [-0.2, 0) is 6.54 Å². The summed E-state index contributed by atoms with van der Waals surface area (Å²) in [6.07, 6.45) is 4.22. The second kappa shape index (κ2) is 6.31. The summed E-state index contributed by atoms with van der Waals surface area (Å²) in [4.78, 5) is 28.7. The van der Waals surface area contributed by atoms with Crippen molar-refractivity contribution in [3.63, 3.8) is 0 Å². The molecule has 0 radical (unpaired) electrons. The number of rotatable bonds is 6. The standard InChI is InChI=1S/C11H10BrN5O4/c12-7-3-9(17(20)21)10(14-4-7)13-1-2-16-5-8(11(18)19)15-6-16/h3-6H,1-2H2,(H,13,14)(H,18,19). The Morgan fingerprint density at radius 3 is 2.90 bits per heavy atom. The SMILES string of the molecule is O=C(O)c1cn(CCNc2ncc(Br)cc2[N+](=O)[O-])cn1. The number of carboxylic acid groups (broad SMARTS) is 1. The third-order valence-corrected chi connectivity index (χ3v) is 2.98. The lowest BCUT2D eigenvalue weighted by Gasteiger charge is -2.06. The number of anilines is 1. The lowest BCUT2D eigenvalue weighted by Crippen LogP contribution is -2.11. The molecular formula is C11H10BrN5O4. The van der Waals surface area contributed by atoms with Gasteiger partial charge in [0.1, 0.15) is 0 Å². The molecule has 0 aliphatic heterocycles. The van der Waals surface area contributed by atoms with Gasteiger partial charge in [0.2, 0.25) is 5.82 Å². The van der Waals surface area contributed by atoms with E-state index in [1.165, 1.54) is 24.8 Å². The van der Waals surface area contributed by atoms with E-state index in [-0.39, 0.29) is 17.2 Å². The molecule has 0 saturated heterocycles. The predicted octanol–water partition coefficient (Wildman–Crippen LogP) is 1.76. The number of aromatic carboxylic acids is 1. The number of nitro groups is 1. The van der Waals surface area contributed by atoms with Crippen molar-refractivity contribution in [3.05, 3.63) is 45.1 Å². The fourth-order valence-corrected chi connectivity index (χ4v) is 1.92. The van der Waals surface area contributed by atoms with Gasteiger partial charge in [-0.25, -0.2) is 14.8 Å². The Balaban J connectivity index is 2.00. The molecule has 2 aromatic heterocycles. The zero-order valence-corrected chi connectivity index (χ0v) is 12.1. The molecule has 0 atom stereocenters. The van der Waals surface area contributed by atoms with Gasteiger partial charge in [-0.15, -0.1) is 0 Å². The van der Waals surface area contributed by atoms with Crippen molar-refractivity contribution in [3.8, 4) is 0 Å². The van der Waals surface area contributed by atoms with Crippen LogP contribution in [0.1, 0.15) is 10.5 Å². The normalized spacial score (nSPS) is 10.3. The van der Waals surface area contributed by atoms with Crippen LogP contribution in [0.4, 0.5) is 11.5 Å². The van der Waals surface area contributed by atoms with Crippen LogP contribution in [0.2, 0.25) is 0 Å². The van der Waals surface area contributed by atoms with Gasteiger partial charge in [-0.2, -0.15) is 0 Å². The van der Waals surface area contributed by atoms with Gasteiger partial charge >= 0.3 is 11.7 Å². The molecule has 0 unspecified atom stereocenters. The van der Waals surface area contributed by atoms with E-state index in [1.807, 2.05) is 0 Å². The molecule has 9 nitrogen and oxygen atoms in total. The van der Waals surface area contributed by atoms with Crippen LogP contribution in [0.5, 0.6) is 0 Å². The quantitative estimate of drug-likeness (QED) is 0.597. The third-order valence-electron chi connectivity index (χ3n) is 2.55. The zero-order chi connectivity index (χ0) is 15.4. The van der Waals surface area contributed by atoms with E-state index in [1.54, 1.807) is 4.57 Å². The fourth-order valence-electron chi connectivity index (χ4n) is 1.60. The summed E-state index contributed by atoms with van der Waals surface area (Å²) in [6, 6.07) is 1.36. The Morgan fingerprint density at radius 2 is 2.29 bits per heavy atom. The topological polar surface area (TPSA) is 123 Å². The molecule has 0 amide bonds. The van der Waals surface area contributed by atoms with Gasteiger partial charge in [0.25, 0.3) is 0 Å². The number of carboxylic acids is 1. The second-order valence-electron chi connectivity index (χ2n) is 4.01. The van der Waals surface area contributed by atoms with Crippen LogP contribution in [-0.4, -0.2) is 37.1 Å². The molecule has 0 saturated carbocycles. The van der Waals surface area contributed by atoms with Crippen molar-refractivity contribution in [1.82, 2.24) is 14.5 Å². The number of aromatic nitrogens is 3. The average molecular weight is 356 g/mol. The van der Waals surface area contributed by atoms with Gasteiger partial charge in [0.15, 0.2) is 5.69 Å². The van der Waals surface area contributed by atoms with Crippen LogP contribution in [0.3, 0.4) is 0 Å². The number of hydrogen-bond donors (Lipinski definition) is 2. The molecule has 0 bridgehead atoms. The highest BCUT2D eigenvalue weighted by molar-refractivity contribution is 9.10. The van der Waals surface area contributed by atoms with Crippen LogP contribution in [0, 0.1) is 10.1 Å². The van der Waals surface area contributed by atoms with Crippen molar-refractivity contribution < 1.29 is 14.8 Å². The van der Waals surface area contributed by atoms with Gasteiger partial charge in [0.05, 0.1) is 11.3 Å². The highest BCUT2D eigenvalue weighted by Gasteiger charge is 2.15. The molecule has 0 spiro atoms. The Kier molecular flexibility index (Phi) is 4.48. The van der Waals surface area contributed by atoms with Crippen LogP contribution >= 0.6 is 15.9 Å². The number of halogens is 1. The summed E-state index contributed by atoms with van der Waals surface area (Å²) in [6.45, 7) is 0.736. The summed E-state index contributed by atoms with van der Waals surface area (Å²) in [5.74, 6) is -0.950. The fraction of sp³-hybridized carbons (Fsp3) is 0.182. The molecule has 0 aliphatic carbocycles. The minimum Gasteiger partial charge on any atom is -0.476 e. The first-order valence-corrected chi connectivity index (χ1v) is 6.55. The van der Waals surface area contributed by atoms with Crippen LogP contribution in [0.25, 0.3) is 0 Å². The van der Waals surface area contributed by atoms with E-state index in [4.69, 9.17) is 5.11 Å². The summed E-state index contributed by atoms with van der Waals surface area (Å²) < 4.78 is 2.08. The Labute approximate surface area is 126 Å². The Bertz CT molecular complexity index is 687. The lowest BCUT2D eigenvalue weighted by molar-refractivity contribution is -0.384. The van der Waals surface area contributed by atoms with Crippen molar-refractivity contribution in [1.29, 1.82) is 0 Å². The molecule has 21 heavy (non-hydrogen) atoms. The maximum absolute atomic E-state index is 10.9. The summed E-state index contributed by atoms with van der Waals surface area (Å²) >= 11 is 3.12. The molecule has 0 fully saturated rings. The van der Waals surface area contributed by atoms with E-state index in [2.05, 4.69) is 31.2 Å². The van der Waals surface area contributed by atoms with Crippen molar-refractivity contribution in [2.24, 2.45) is 0 Å². The summed E-state index contributed by atoms with van der Waals surface area (Å²) in [7, 11) is 0. The first-order valence-electron chi connectivity index (χ1n) is 5.76. The van der Waals surface area contributed by atoms with Gasteiger partial charge < -0.3 is 15.0 Å². The molecule has 0 aromatic carbocycles. The van der Waals surface area contributed by atoms with Crippen LogP contribution < -0.4 is 5.32 Å². The van der Waals surface area contributed by atoms with Gasteiger partial charge in [-0.05, 0) is 15.9 Å². The van der Waals surface area contributed by atoms with E-state index in [0.29, 0.717) is 17.6 Å². The maximum Gasteiger partial charge on any atom is 0.356 e. The van der Waals surface area contributed by atoms with E-state index < -0.39 is 10.9 Å². The zero-order valence-electron chi connectivity index (χ0n) is 10.6. The minimum atomic E-state index is -1.10. The van der Waals surface area contributed by atoms with Gasteiger partial charge in [-0.3, -0.25) is 10.1 Å². The van der Waals surface area contributed by atoms with Crippen molar-refractivity contribution in [2.75, 3.05) is 11.9 Å². The Hall–Kier alpha value is -2.49. The molecule has 110 valence electrons. The van der Waals surface area contributed by atoms with E-state index in [9.17, 15) is 14.9 Å². The predicted molar refractivity (Wildman–Crippen MR) is 76.3 cm³/mol. The summed E-state index contributed by atoms with van der Waals surface area (Å²) in [5.41, 5.74) is -0.191. The number of carbonyl (C=O) groups is 1. The number of imidazole rings is 1. The van der Waals surface area contributed by atoms with Gasteiger partial charge in [0, 0.05) is 36.0 Å². The number of pyridine rings is 1. The monoisotopic (exact) mass is 355 g/mol. The largest absolute Gasteiger partial charge is 0.476 e. The van der Waals surface area contributed by atoms with Crippen molar-refractivity contribution in [2.45, 2.75) is 6.54 Å². The Morgan fingerprint density at radius 1 is 1.52 bits per heavy atom. The first-order chi connectivity index (χ1) is 9.97. The lowest BCUT2D eigenvalue weighted by atomic mass is 10.4. The number of nitrogens with zero attached hydrogens (tertiary/aromatic N) is 4. The molecule has 2 aromatic rings. The molecule has 2 rings (SSSR count). The second-order valence-corrected chi connectivity index (χ2v) is 4.92. The maximum atomic E-state index is 10.9. The van der Waals surface area contributed by atoms with E-state index in [0.717, 1.165) is 0 Å². The van der Waals surface area contributed by atoms with Gasteiger partial charge in [-0.1, -0.05) is 0 Å². The highest BCUT2D eigenvalue weighted by atomic mass is 79.9. The molecule has 10 heteroatoms. The molecule has 2 N–H and O–H groups in total. The first kappa shape index (κ1) is 14.9. The van der Waals surface area contributed by atoms with Crippen molar-refractivity contribution >= 4 is 33.4 Å². The minimum absolute atomic E-state index is 0.0530. The summed E-state index contributed by atoms with van der Waals surface area (Å²) in [5, 5.41) is 22.5. The molecule has 2 heterocycles. The number of hydrogen-bond acceptors (Lipinski definition) is 6. The number of nitrogens with one attached hydrogen (secondary N) is 1. The van der Waals surface area contributed by atoms with E-state index >= 15 is 0 Å². The molecular weight excluding hydrogens is 346 g/mol. The third kappa shape index (κ3) is 3.75. The smallest absolute Gasteiger partial charge is 0.356 e. The molecule has 0 aliphatic rings. The average Bonchev–Trinajstić information content (AvgIpc) is 2.89.